The molecule has 2 heterocycles. The van der Waals surface area contributed by atoms with E-state index in [0.717, 1.165) is 19.4 Å². The number of pyridine rings is 1. The average Bonchev–Trinajstić information content (AvgIpc) is 2.47. The van der Waals surface area contributed by atoms with Crippen LogP contribution in [0.1, 0.15) is 29.6 Å². The van der Waals surface area contributed by atoms with Crippen molar-refractivity contribution in [1.29, 1.82) is 0 Å². The van der Waals surface area contributed by atoms with Gasteiger partial charge in [-0.25, -0.2) is 9.78 Å². The zero-order valence-electron chi connectivity index (χ0n) is 12.0. The zero-order valence-corrected chi connectivity index (χ0v) is 12.0. The van der Waals surface area contributed by atoms with Gasteiger partial charge >= 0.3 is 5.97 Å². The van der Waals surface area contributed by atoms with E-state index in [-0.39, 0.29) is 6.10 Å². The van der Waals surface area contributed by atoms with E-state index in [9.17, 15) is 4.79 Å². The molecule has 1 atom stereocenters. The molecule has 1 aromatic heterocycles. The summed E-state index contributed by atoms with van der Waals surface area (Å²) >= 11 is 0. The lowest BCUT2D eigenvalue weighted by molar-refractivity contribution is 0.0215. The van der Waals surface area contributed by atoms with Gasteiger partial charge in [0.15, 0.2) is 5.82 Å². The van der Waals surface area contributed by atoms with Gasteiger partial charge in [-0.2, -0.15) is 0 Å². The highest BCUT2D eigenvalue weighted by molar-refractivity contribution is 5.97. The third-order valence-corrected chi connectivity index (χ3v) is 3.49. The minimum atomic E-state index is -0.450. The Balaban J connectivity index is 2.12. The number of anilines is 2. The van der Waals surface area contributed by atoms with Crippen molar-refractivity contribution in [3.8, 4) is 0 Å². The van der Waals surface area contributed by atoms with E-state index in [2.05, 4.69) is 4.98 Å². The monoisotopic (exact) mass is 279 g/mol. The highest BCUT2D eigenvalue weighted by atomic mass is 16.5. The topological polar surface area (TPSA) is 77.7 Å². The summed E-state index contributed by atoms with van der Waals surface area (Å²) in [6.07, 6.45) is 5.11. The molecule has 1 aliphatic heterocycles. The van der Waals surface area contributed by atoms with Gasteiger partial charge in [0.2, 0.25) is 0 Å². The minimum Gasteiger partial charge on any atom is -0.465 e. The fraction of sp³-hybridized carbons (Fsp3) is 0.571. The van der Waals surface area contributed by atoms with Crippen LogP contribution in [0, 0.1) is 0 Å². The third-order valence-electron chi connectivity index (χ3n) is 3.49. The van der Waals surface area contributed by atoms with Crippen LogP contribution in [-0.4, -0.2) is 44.4 Å². The van der Waals surface area contributed by atoms with Gasteiger partial charge in [0.1, 0.15) is 0 Å². The van der Waals surface area contributed by atoms with Crippen molar-refractivity contribution in [2.24, 2.45) is 0 Å². The Morgan fingerprint density at radius 2 is 2.40 bits per heavy atom. The number of aromatic nitrogens is 1. The van der Waals surface area contributed by atoms with Crippen LogP contribution in [0.25, 0.3) is 0 Å². The van der Waals surface area contributed by atoms with Gasteiger partial charge in [-0.15, -0.1) is 0 Å². The molecule has 6 heteroatoms. The normalized spacial score (nSPS) is 18.6. The molecule has 6 nitrogen and oxygen atoms in total. The lowest BCUT2D eigenvalue weighted by atomic mass is 10.1. The number of nitrogens with zero attached hydrogens (tertiary/aromatic N) is 2. The summed E-state index contributed by atoms with van der Waals surface area (Å²) in [6, 6.07) is 1.57. The summed E-state index contributed by atoms with van der Waals surface area (Å²) in [5, 5.41) is 0. The van der Waals surface area contributed by atoms with Crippen LogP contribution in [0.5, 0.6) is 0 Å². The van der Waals surface area contributed by atoms with E-state index < -0.39 is 5.97 Å². The second-order valence-electron chi connectivity index (χ2n) is 4.96. The first-order chi connectivity index (χ1) is 9.63. The fourth-order valence-electron chi connectivity index (χ4n) is 2.40. The summed E-state index contributed by atoms with van der Waals surface area (Å²) in [7, 11) is 3.24. The maximum absolute atomic E-state index is 11.6. The van der Waals surface area contributed by atoms with Crippen molar-refractivity contribution >= 4 is 17.5 Å². The number of esters is 1. The molecule has 0 aromatic carbocycles. The number of hydrogen-bond donors (Lipinski definition) is 1. The van der Waals surface area contributed by atoms with Gasteiger partial charge in [0.05, 0.1) is 24.5 Å². The average molecular weight is 279 g/mol. The molecule has 0 saturated carbocycles. The molecule has 0 bridgehead atoms. The lowest BCUT2D eigenvalue weighted by Gasteiger charge is -2.28. The number of likely N-dealkylation sites (N-methyl/N-ethyl adjacent to an activating group) is 1. The second kappa shape index (κ2) is 6.56. The van der Waals surface area contributed by atoms with Crippen molar-refractivity contribution in [2.45, 2.75) is 25.4 Å². The Morgan fingerprint density at radius 3 is 3.05 bits per heavy atom. The number of nitrogen functional groups attached to an aromatic ring is 1. The van der Waals surface area contributed by atoms with E-state index in [4.69, 9.17) is 15.2 Å². The molecular weight excluding hydrogens is 258 g/mol. The standard InChI is InChI=1S/C14H21N3O3/c1-17(9-10-5-3-4-8-20-10)13-12(15)11(6-7-16-13)14(18)19-2/h6-7,10H,3-5,8-9,15H2,1-2H3. The van der Waals surface area contributed by atoms with Crippen LogP contribution in [0.4, 0.5) is 11.5 Å². The molecule has 0 radical (unpaired) electrons. The molecule has 1 unspecified atom stereocenters. The lowest BCUT2D eigenvalue weighted by Crippen LogP contribution is -2.34. The summed E-state index contributed by atoms with van der Waals surface area (Å²) in [4.78, 5) is 17.8. The molecule has 2 rings (SSSR count). The highest BCUT2D eigenvalue weighted by Gasteiger charge is 2.20. The molecule has 0 spiro atoms. The number of carbonyl (C=O) groups excluding carboxylic acids is 1. The molecule has 2 N–H and O–H groups in total. The molecule has 1 aliphatic rings. The van der Waals surface area contributed by atoms with Crippen molar-refractivity contribution < 1.29 is 14.3 Å². The van der Waals surface area contributed by atoms with Crippen molar-refractivity contribution in [2.75, 3.05) is 37.9 Å². The van der Waals surface area contributed by atoms with Crippen molar-refractivity contribution in [1.82, 2.24) is 4.98 Å². The van der Waals surface area contributed by atoms with Crippen molar-refractivity contribution in [3.05, 3.63) is 17.8 Å². The predicted octanol–water partition coefficient (Wildman–Crippen LogP) is 1.46. The highest BCUT2D eigenvalue weighted by Crippen LogP contribution is 2.25. The quantitative estimate of drug-likeness (QED) is 0.841. The van der Waals surface area contributed by atoms with Gasteiger partial charge in [0.25, 0.3) is 0 Å². The van der Waals surface area contributed by atoms with Gasteiger partial charge in [-0.1, -0.05) is 0 Å². The maximum Gasteiger partial charge on any atom is 0.340 e. The Hall–Kier alpha value is -1.82. The van der Waals surface area contributed by atoms with Gasteiger partial charge in [-0.05, 0) is 25.3 Å². The minimum absolute atomic E-state index is 0.191. The van der Waals surface area contributed by atoms with Gasteiger partial charge in [0, 0.05) is 26.4 Å². The van der Waals surface area contributed by atoms with E-state index in [1.54, 1.807) is 12.3 Å². The summed E-state index contributed by atoms with van der Waals surface area (Å²) in [5.41, 5.74) is 6.71. The van der Waals surface area contributed by atoms with E-state index in [1.807, 2.05) is 11.9 Å². The van der Waals surface area contributed by atoms with Crippen LogP contribution >= 0.6 is 0 Å². The number of methoxy groups -OCH3 is 1. The first-order valence-corrected chi connectivity index (χ1v) is 6.79. The van der Waals surface area contributed by atoms with Crippen LogP contribution in [0.3, 0.4) is 0 Å². The molecular formula is C14H21N3O3. The van der Waals surface area contributed by atoms with Crippen molar-refractivity contribution in [3.63, 3.8) is 0 Å². The SMILES string of the molecule is COC(=O)c1ccnc(N(C)CC2CCCCO2)c1N. The molecule has 1 saturated heterocycles. The summed E-state index contributed by atoms with van der Waals surface area (Å²) < 4.78 is 10.4. The molecule has 1 aromatic rings. The molecule has 20 heavy (non-hydrogen) atoms. The summed E-state index contributed by atoms with van der Waals surface area (Å²) in [5.74, 6) is 0.135. The third kappa shape index (κ3) is 3.19. The first kappa shape index (κ1) is 14.6. The number of ether oxygens (including phenoxy) is 2. The second-order valence-corrected chi connectivity index (χ2v) is 4.96. The maximum atomic E-state index is 11.6. The summed E-state index contributed by atoms with van der Waals surface area (Å²) in [6.45, 7) is 1.52. The largest absolute Gasteiger partial charge is 0.465 e. The van der Waals surface area contributed by atoms with Crippen LogP contribution in [0.2, 0.25) is 0 Å². The molecule has 0 aliphatic carbocycles. The number of rotatable bonds is 4. The Bertz CT molecular complexity index is 473. The fourth-order valence-corrected chi connectivity index (χ4v) is 2.40. The number of nitrogens with two attached hydrogens (primary N) is 1. The van der Waals surface area contributed by atoms with Crippen LogP contribution in [-0.2, 0) is 9.47 Å². The predicted molar refractivity (Wildman–Crippen MR) is 76.8 cm³/mol. The number of hydrogen-bond acceptors (Lipinski definition) is 6. The molecule has 110 valence electrons. The first-order valence-electron chi connectivity index (χ1n) is 6.79. The smallest absolute Gasteiger partial charge is 0.340 e. The Morgan fingerprint density at radius 1 is 1.60 bits per heavy atom. The van der Waals surface area contributed by atoms with E-state index in [1.165, 1.54) is 13.5 Å². The van der Waals surface area contributed by atoms with Crippen LogP contribution in [0.15, 0.2) is 12.3 Å². The van der Waals surface area contributed by atoms with E-state index in [0.29, 0.717) is 23.6 Å². The molecule has 0 amide bonds. The van der Waals surface area contributed by atoms with Gasteiger partial charge < -0.3 is 20.1 Å². The molecule has 1 fully saturated rings. The van der Waals surface area contributed by atoms with Gasteiger partial charge in [-0.3, -0.25) is 0 Å². The Labute approximate surface area is 118 Å². The van der Waals surface area contributed by atoms with E-state index >= 15 is 0 Å². The van der Waals surface area contributed by atoms with Crippen LogP contribution < -0.4 is 10.6 Å². The zero-order chi connectivity index (χ0) is 14.5. The Kier molecular flexibility index (Phi) is 4.79. The number of carbonyl (C=O) groups is 1.